The number of hydrogen-bond donors (Lipinski definition) is 1. The van der Waals surface area contributed by atoms with Crippen molar-refractivity contribution < 1.29 is 19.0 Å². The van der Waals surface area contributed by atoms with Crippen LogP contribution in [-0.4, -0.2) is 39.4 Å². The minimum Gasteiger partial charge on any atom is -0.486 e. The van der Waals surface area contributed by atoms with Gasteiger partial charge in [0.1, 0.15) is 13.2 Å². The van der Waals surface area contributed by atoms with Gasteiger partial charge in [0, 0.05) is 6.54 Å². The zero-order valence-corrected chi connectivity index (χ0v) is 11.1. The number of fused-ring (bicyclic) bond motifs is 1. The van der Waals surface area contributed by atoms with E-state index in [1.54, 1.807) is 0 Å². The number of methoxy groups -OCH3 is 1. The highest BCUT2D eigenvalue weighted by Crippen LogP contribution is 2.30. The summed E-state index contributed by atoms with van der Waals surface area (Å²) in [6.45, 7) is 2.67. The van der Waals surface area contributed by atoms with Crippen molar-refractivity contribution in [2.45, 2.75) is 12.8 Å². The van der Waals surface area contributed by atoms with Crippen molar-refractivity contribution in [1.82, 2.24) is 5.32 Å². The van der Waals surface area contributed by atoms with Gasteiger partial charge in [0.25, 0.3) is 0 Å². The molecule has 0 aliphatic carbocycles. The van der Waals surface area contributed by atoms with Gasteiger partial charge < -0.3 is 19.5 Å². The van der Waals surface area contributed by atoms with E-state index in [1.165, 1.54) is 12.7 Å². The minimum atomic E-state index is -0.188. The third-order valence-electron chi connectivity index (χ3n) is 2.93. The molecule has 0 aromatic heterocycles. The van der Waals surface area contributed by atoms with Crippen molar-refractivity contribution in [3.63, 3.8) is 0 Å². The first-order valence-corrected chi connectivity index (χ1v) is 6.45. The Hall–Kier alpha value is -1.75. The van der Waals surface area contributed by atoms with Crippen LogP contribution >= 0.6 is 0 Å². The lowest BCUT2D eigenvalue weighted by Gasteiger charge is -2.18. The molecule has 0 saturated heterocycles. The Bertz CT molecular complexity index is 433. The van der Waals surface area contributed by atoms with Crippen LogP contribution in [0.3, 0.4) is 0 Å². The molecule has 104 valence electrons. The quantitative estimate of drug-likeness (QED) is 0.618. The van der Waals surface area contributed by atoms with Crippen LogP contribution in [0.2, 0.25) is 0 Å². The van der Waals surface area contributed by atoms with Gasteiger partial charge in [-0.25, -0.2) is 0 Å². The summed E-state index contributed by atoms with van der Waals surface area (Å²) in [5, 5.41) is 3.21. The molecule has 0 saturated carbocycles. The molecule has 1 aromatic carbocycles. The summed E-state index contributed by atoms with van der Waals surface area (Å²) in [6, 6.07) is 5.99. The normalized spacial score (nSPS) is 13.1. The molecular formula is C14H19NO4. The van der Waals surface area contributed by atoms with Gasteiger partial charge >= 0.3 is 5.97 Å². The van der Waals surface area contributed by atoms with Gasteiger partial charge in [-0.2, -0.15) is 0 Å². The summed E-state index contributed by atoms with van der Waals surface area (Å²) in [4.78, 5) is 10.9. The number of ether oxygens (including phenoxy) is 3. The largest absolute Gasteiger partial charge is 0.486 e. The van der Waals surface area contributed by atoms with Crippen LogP contribution in [0, 0.1) is 0 Å². The smallest absolute Gasteiger partial charge is 0.306 e. The van der Waals surface area contributed by atoms with Crippen LogP contribution in [0.15, 0.2) is 18.2 Å². The minimum absolute atomic E-state index is 0.188. The number of carbonyl (C=O) groups is 1. The summed E-state index contributed by atoms with van der Waals surface area (Å²) in [5.41, 5.74) is 1.19. The van der Waals surface area contributed by atoms with Crippen molar-refractivity contribution in [1.29, 1.82) is 0 Å². The van der Waals surface area contributed by atoms with E-state index >= 15 is 0 Å². The Balaban J connectivity index is 1.72. The Morgan fingerprint density at radius 3 is 2.84 bits per heavy atom. The van der Waals surface area contributed by atoms with Gasteiger partial charge in [-0.15, -0.1) is 0 Å². The molecule has 1 aromatic rings. The van der Waals surface area contributed by atoms with Crippen molar-refractivity contribution in [3.05, 3.63) is 23.8 Å². The number of esters is 1. The van der Waals surface area contributed by atoms with Gasteiger partial charge in [-0.3, -0.25) is 4.79 Å². The molecule has 0 unspecified atom stereocenters. The molecule has 0 spiro atoms. The van der Waals surface area contributed by atoms with E-state index < -0.39 is 0 Å². The second kappa shape index (κ2) is 6.99. The Morgan fingerprint density at radius 2 is 2.05 bits per heavy atom. The van der Waals surface area contributed by atoms with Crippen molar-refractivity contribution in [3.8, 4) is 11.5 Å². The number of rotatable bonds is 6. The molecule has 1 aliphatic rings. The standard InChI is InChI=1S/C14H19NO4/c1-17-14(16)5-7-15-6-4-11-2-3-12-13(10-11)19-9-8-18-12/h2-3,10,15H,4-9H2,1H3. The Labute approximate surface area is 112 Å². The number of benzene rings is 1. The van der Waals surface area contributed by atoms with Crippen LogP contribution < -0.4 is 14.8 Å². The van der Waals surface area contributed by atoms with Crippen LogP contribution in [0.25, 0.3) is 0 Å². The highest BCUT2D eigenvalue weighted by molar-refractivity contribution is 5.69. The van der Waals surface area contributed by atoms with Gasteiger partial charge in [0.05, 0.1) is 13.5 Å². The summed E-state index contributed by atoms with van der Waals surface area (Å²) in [7, 11) is 1.40. The SMILES string of the molecule is COC(=O)CCNCCc1ccc2c(c1)OCCO2. The van der Waals surface area contributed by atoms with Crippen molar-refractivity contribution >= 4 is 5.97 Å². The number of hydrogen-bond acceptors (Lipinski definition) is 5. The van der Waals surface area contributed by atoms with Gasteiger partial charge in [0.15, 0.2) is 11.5 Å². The predicted octanol–water partition coefficient (Wildman–Crippen LogP) is 1.15. The monoisotopic (exact) mass is 265 g/mol. The molecule has 0 amide bonds. The van der Waals surface area contributed by atoms with Gasteiger partial charge in [-0.05, 0) is 30.7 Å². The predicted molar refractivity (Wildman–Crippen MR) is 70.6 cm³/mol. The molecule has 5 heteroatoms. The first-order valence-electron chi connectivity index (χ1n) is 6.45. The summed E-state index contributed by atoms with van der Waals surface area (Å²) >= 11 is 0. The average Bonchev–Trinajstić information content (AvgIpc) is 2.46. The van der Waals surface area contributed by atoms with Crippen LogP contribution in [0.1, 0.15) is 12.0 Å². The zero-order chi connectivity index (χ0) is 13.5. The lowest BCUT2D eigenvalue weighted by atomic mass is 10.1. The maximum atomic E-state index is 10.9. The lowest BCUT2D eigenvalue weighted by Crippen LogP contribution is -2.21. The fourth-order valence-electron chi connectivity index (χ4n) is 1.89. The van der Waals surface area contributed by atoms with Crippen molar-refractivity contribution in [2.24, 2.45) is 0 Å². The molecule has 0 atom stereocenters. The van der Waals surface area contributed by atoms with Crippen molar-refractivity contribution in [2.75, 3.05) is 33.4 Å². The van der Waals surface area contributed by atoms with Gasteiger partial charge in [0.2, 0.25) is 0 Å². The van der Waals surface area contributed by atoms with Gasteiger partial charge in [-0.1, -0.05) is 6.07 Å². The molecule has 0 fully saturated rings. The lowest BCUT2D eigenvalue weighted by molar-refractivity contribution is -0.140. The third kappa shape index (κ3) is 4.13. The van der Waals surface area contributed by atoms with E-state index in [0.29, 0.717) is 26.2 Å². The molecule has 2 rings (SSSR count). The molecule has 0 bridgehead atoms. The second-order valence-electron chi connectivity index (χ2n) is 4.30. The second-order valence-corrected chi connectivity index (χ2v) is 4.30. The Kier molecular flexibility index (Phi) is 5.03. The number of nitrogens with one attached hydrogen (secondary N) is 1. The zero-order valence-electron chi connectivity index (χ0n) is 11.1. The van der Waals surface area contributed by atoms with E-state index in [-0.39, 0.29) is 5.97 Å². The first-order chi connectivity index (χ1) is 9.29. The highest BCUT2D eigenvalue weighted by atomic mass is 16.6. The molecule has 1 N–H and O–H groups in total. The topological polar surface area (TPSA) is 56.8 Å². The Morgan fingerprint density at radius 1 is 1.26 bits per heavy atom. The maximum absolute atomic E-state index is 10.9. The molecule has 1 heterocycles. The molecule has 5 nitrogen and oxygen atoms in total. The maximum Gasteiger partial charge on any atom is 0.306 e. The average molecular weight is 265 g/mol. The fraction of sp³-hybridized carbons (Fsp3) is 0.500. The highest BCUT2D eigenvalue weighted by Gasteiger charge is 2.11. The molecular weight excluding hydrogens is 246 g/mol. The van der Waals surface area contributed by atoms with Crippen LogP contribution in [0.5, 0.6) is 11.5 Å². The first kappa shape index (κ1) is 13.7. The van der Waals surface area contributed by atoms with E-state index in [2.05, 4.69) is 10.1 Å². The van der Waals surface area contributed by atoms with E-state index in [4.69, 9.17) is 9.47 Å². The van der Waals surface area contributed by atoms with E-state index in [9.17, 15) is 4.79 Å². The summed E-state index contributed by atoms with van der Waals surface area (Å²) in [5.74, 6) is 1.44. The van der Waals surface area contributed by atoms with Crippen LogP contribution in [-0.2, 0) is 16.0 Å². The van der Waals surface area contributed by atoms with E-state index in [0.717, 1.165) is 24.5 Å². The van der Waals surface area contributed by atoms with E-state index in [1.807, 2.05) is 18.2 Å². The summed E-state index contributed by atoms with van der Waals surface area (Å²) in [6.07, 6.45) is 1.29. The summed E-state index contributed by atoms with van der Waals surface area (Å²) < 4.78 is 15.6. The molecule has 19 heavy (non-hydrogen) atoms. The molecule has 0 radical (unpaired) electrons. The molecule has 1 aliphatic heterocycles. The third-order valence-corrected chi connectivity index (χ3v) is 2.93. The van der Waals surface area contributed by atoms with Crippen LogP contribution in [0.4, 0.5) is 0 Å². The fourth-order valence-corrected chi connectivity index (χ4v) is 1.89. The number of carbonyl (C=O) groups excluding carboxylic acids is 1.